The molecule has 2 aromatic rings. The monoisotopic (exact) mass is 478 g/mol. The van der Waals surface area contributed by atoms with Crippen LogP contribution in [0, 0.1) is 0 Å². The van der Waals surface area contributed by atoms with Crippen LogP contribution in [0.5, 0.6) is 5.75 Å². The number of ether oxygens (including phenoxy) is 1. The Labute approximate surface area is 227 Å². The maximum Gasteiger partial charge on any atom is 0.145 e. The molecule has 2 rings (SSSR count). The van der Waals surface area contributed by atoms with Crippen LogP contribution in [0.15, 0.2) is 52.3 Å². The van der Waals surface area contributed by atoms with Gasteiger partial charge in [0.1, 0.15) is 99.9 Å². The highest BCUT2D eigenvalue weighted by Crippen LogP contribution is 2.42. The first-order chi connectivity index (χ1) is 15.7. The summed E-state index contributed by atoms with van der Waals surface area (Å²) in [6.45, 7) is 0.748. The molecule has 2 aromatic carbocycles. The van der Waals surface area contributed by atoms with Crippen LogP contribution in [0.1, 0.15) is 5.56 Å². The van der Waals surface area contributed by atoms with E-state index in [0.717, 1.165) is 33.3 Å². The smallest absolute Gasteiger partial charge is 0.145 e. The van der Waals surface area contributed by atoms with Crippen LogP contribution in [0.2, 0.25) is 5.21 Å². The summed E-state index contributed by atoms with van der Waals surface area (Å²) in [5.41, 5.74) is 6.79. The molecule has 0 saturated heterocycles. The maximum absolute atomic E-state index is 15.1. The lowest BCUT2D eigenvalue weighted by atomic mass is 9.25. The van der Waals surface area contributed by atoms with Gasteiger partial charge in [-0.3, -0.25) is 4.39 Å². The molecule has 0 aliphatic carbocycles. The highest BCUT2D eigenvalue weighted by molar-refractivity contribution is 7.99. The van der Waals surface area contributed by atoms with Crippen molar-refractivity contribution in [2.75, 3.05) is 5.73 Å². The summed E-state index contributed by atoms with van der Waals surface area (Å²) in [6.07, 6.45) is 0. The molecule has 0 saturated carbocycles. The van der Waals surface area contributed by atoms with Crippen molar-refractivity contribution in [3.05, 3.63) is 48.0 Å². The molecule has 0 aliphatic rings. The van der Waals surface area contributed by atoms with Crippen molar-refractivity contribution in [2.24, 2.45) is 0 Å². The molecule has 0 amide bonds. The first kappa shape index (κ1) is 30.3. The van der Waals surface area contributed by atoms with Crippen molar-refractivity contribution in [1.82, 2.24) is 4.90 Å². The molecule has 3 nitrogen and oxygen atoms in total. The van der Waals surface area contributed by atoms with Crippen LogP contribution in [0.3, 0.4) is 0 Å². The van der Waals surface area contributed by atoms with Crippen molar-refractivity contribution >= 4 is 112 Å². The van der Waals surface area contributed by atoms with Gasteiger partial charge in [0.2, 0.25) is 0 Å². The average molecular weight is 476 g/mol. The number of nitrogen functional groups attached to an aromatic ring is 1. The minimum absolute atomic E-state index is 0.0393. The summed E-state index contributed by atoms with van der Waals surface area (Å²) in [6, 6.07) is 14.2. The van der Waals surface area contributed by atoms with Gasteiger partial charge in [0.05, 0.1) is 0 Å². The minimum atomic E-state index is -1.41. The van der Waals surface area contributed by atoms with Gasteiger partial charge in [0.25, 0.3) is 0 Å². The van der Waals surface area contributed by atoms with Crippen molar-refractivity contribution in [3.63, 3.8) is 0 Å². The van der Waals surface area contributed by atoms with Crippen LogP contribution >= 0.6 is 11.8 Å². The number of alkyl halides is 1. The Morgan fingerprint density at radius 2 is 1.34 bits per heavy atom. The van der Waals surface area contributed by atoms with Gasteiger partial charge in [0.15, 0.2) is 0 Å². The Hall–Kier alpha value is -0.941. The third-order valence-corrected chi connectivity index (χ3v) is 8.69. The number of halogens is 1. The number of para-hydroxylation sites is 1. The molecule has 0 atom stereocenters. The Balaban J connectivity index is 2.56. The molecule has 0 aliphatic heterocycles. The third kappa shape index (κ3) is 7.31. The van der Waals surface area contributed by atoms with Crippen LogP contribution in [0.25, 0.3) is 0 Å². The largest absolute Gasteiger partial charge is 0.506 e. The first-order valence-electron chi connectivity index (χ1n) is 12.5. The average Bonchev–Trinajstić information content (AvgIpc) is 2.66. The molecular formula is C18H35B12FN2OS. The molecule has 0 bridgehead atoms. The fourth-order valence-corrected chi connectivity index (χ4v) is 5.28. The predicted molar refractivity (Wildman–Crippen MR) is 185 cm³/mol. The summed E-state index contributed by atoms with van der Waals surface area (Å²) in [5.74, 6) is 0.746. The Bertz CT molecular complexity index is 1030. The van der Waals surface area contributed by atoms with Crippen molar-refractivity contribution < 1.29 is 9.13 Å². The standard InChI is InChI=1S/C18H35B12FN2OS/c19-14(20,15(21,22)31)16(23,24)34-10-5-6-12(35-13-4-2-1-3-11(13)32)9(7-10)8-33(17(25,26)27)18(28,29)30/h1-7H,8,19-30,32H2. The molecule has 0 fully saturated rings. The Morgan fingerprint density at radius 3 is 1.83 bits per heavy atom. The SMILES string of the molecule is BC(B)(B)N(Cc1cc(OC(B)(B)C(B)(B)C(B)(B)F)ccc1Sc1ccccc1N)C(B)(B)B. The van der Waals surface area contributed by atoms with Crippen molar-refractivity contribution in [1.29, 1.82) is 0 Å². The van der Waals surface area contributed by atoms with Crippen LogP contribution in [0.4, 0.5) is 10.1 Å². The molecule has 0 aromatic heterocycles. The van der Waals surface area contributed by atoms with Gasteiger partial charge in [-0.25, -0.2) is 0 Å². The number of hydrogen-bond acceptors (Lipinski definition) is 4. The number of hydrogen-bond donors (Lipinski definition) is 1. The zero-order valence-corrected chi connectivity index (χ0v) is 24.8. The Morgan fingerprint density at radius 1 is 0.800 bits per heavy atom. The van der Waals surface area contributed by atoms with E-state index >= 15 is 4.39 Å². The molecule has 17 heteroatoms. The first-order valence-corrected chi connectivity index (χ1v) is 13.3. The van der Waals surface area contributed by atoms with E-state index in [-0.39, 0.29) is 10.5 Å². The second kappa shape index (κ2) is 10.4. The summed E-state index contributed by atoms with van der Waals surface area (Å²) in [4.78, 5) is 4.66. The molecule has 2 N–H and O–H groups in total. The van der Waals surface area contributed by atoms with E-state index < -0.39 is 16.1 Å². The van der Waals surface area contributed by atoms with E-state index in [9.17, 15) is 0 Å². The number of benzene rings is 2. The van der Waals surface area contributed by atoms with Gasteiger partial charge in [-0.05, 0) is 41.1 Å². The van der Waals surface area contributed by atoms with E-state index in [4.69, 9.17) is 10.5 Å². The highest BCUT2D eigenvalue weighted by Gasteiger charge is 2.49. The lowest BCUT2D eigenvalue weighted by Gasteiger charge is -2.49. The van der Waals surface area contributed by atoms with Gasteiger partial charge in [0, 0.05) is 32.9 Å². The van der Waals surface area contributed by atoms with E-state index in [1.165, 1.54) is 0 Å². The quantitative estimate of drug-likeness (QED) is 0.273. The second-order valence-corrected chi connectivity index (χ2v) is 14.1. The normalized spacial score (nSPS) is 13.5. The van der Waals surface area contributed by atoms with E-state index in [2.05, 4.69) is 70.2 Å². The summed E-state index contributed by atoms with van der Waals surface area (Å²) in [7, 11) is 24.5. The third-order valence-electron chi connectivity index (χ3n) is 7.48. The highest BCUT2D eigenvalue weighted by atomic mass is 32.2. The van der Waals surface area contributed by atoms with E-state index in [0.29, 0.717) is 0 Å². The van der Waals surface area contributed by atoms with Gasteiger partial charge in [-0.1, -0.05) is 34.4 Å². The number of anilines is 1. The minimum Gasteiger partial charge on any atom is -0.506 e. The molecule has 0 spiro atoms. The zero-order chi connectivity index (χ0) is 27.0. The van der Waals surface area contributed by atoms with E-state index in [1.54, 1.807) is 27.5 Å². The molecule has 0 radical (unpaired) electrons. The van der Waals surface area contributed by atoms with Gasteiger partial charge in [-0.2, -0.15) is 0 Å². The zero-order valence-electron chi connectivity index (χ0n) is 24.0. The lowest BCUT2D eigenvalue weighted by Crippen LogP contribution is -2.63. The molecule has 0 unspecified atom stereocenters. The summed E-state index contributed by atoms with van der Waals surface area (Å²) in [5, 5.41) is -1.52. The van der Waals surface area contributed by atoms with Crippen LogP contribution < -0.4 is 10.5 Å². The fourth-order valence-electron chi connectivity index (χ4n) is 4.32. The number of rotatable bonds is 10. The second-order valence-electron chi connectivity index (χ2n) is 13.0. The number of nitrogens with zero attached hydrogens (tertiary/aromatic N) is 1. The molecule has 35 heavy (non-hydrogen) atoms. The van der Waals surface area contributed by atoms with Gasteiger partial charge in [-0.15, -0.1) is 0 Å². The van der Waals surface area contributed by atoms with E-state index in [1.807, 2.05) is 55.7 Å². The summed E-state index contributed by atoms with van der Waals surface area (Å²) >= 11 is 1.67. The molecule has 0 heterocycles. The lowest BCUT2D eigenvalue weighted by molar-refractivity contribution is 0.171. The maximum atomic E-state index is 15.1. The van der Waals surface area contributed by atoms with Crippen LogP contribution in [-0.2, 0) is 6.54 Å². The van der Waals surface area contributed by atoms with Crippen LogP contribution in [-0.4, -0.2) is 120 Å². The molecule has 172 valence electrons. The predicted octanol–water partition coefficient (Wildman–Crippen LogP) is -8.19. The molecular weight excluding hydrogens is 441 g/mol. The van der Waals surface area contributed by atoms with Crippen molar-refractivity contribution in [3.8, 4) is 5.75 Å². The Kier molecular flexibility index (Phi) is 9.03. The van der Waals surface area contributed by atoms with Gasteiger partial charge >= 0.3 is 0 Å². The van der Waals surface area contributed by atoms with Gasteiger partial charge < -0.3 is 15.4 Å². The summed E-state index contributed by atoms with van der Waals surface area (Å²) < 4.78 is 21.6. The topological polar surface area (TPSA) is 38.5 Å². The number of nitrogens with two attached hydrogens (primary N) is 1. The fraction of sp³-hybridized carbons (Fsp3) is 0.333. The van der Waals surface area contributed by atoms with Crippen molar-refractivity contribution in [2.45, 2.75) is 42.9 Å².